The third-order valence-corrected chi connectivity index (χ3v) is 2.17. The van der Waals surface area contributed by atoms with Gasteiger partial charge in [0.05, 0.1) is 19.4 Å². The van der Waals surface area contributed by atoms with Crippen LogP contribution in [0.4, 0.5) is 0 Å². The SMILES string of the molecule is O=C(c1c[c]ncc1)N1CCOCC1. The van der Waals surface area contributed by atoms with Gasteiger partial charge in [0.15, 0.2) is 0 Å². The second-order valence-corrected chi connectivity index (χ2v) is 3.08. The van der Waals surface area contributed by atoms with Crippen LogP contribution in [0.25, 0.3) is 0 Å². The van der Waals surface area contributed by atoms with Gasteiger partial charge in [-0.15, -0.1) is 0 Å². The van der Waals surface area contributed by atoms with Gasteiger partial charge in [0.25, 0.3) is 5.91 Å². The summed E-state index contributed by atoms with van der Waals surface area (Å²) >= 11 is 0. The quantitative estimate of drug-likeness (QED) is 0.643. The van der Waals surface area contributed by atoms with Crippen LogP contribution in [0, 0.1) is 6.20 Å². The zero-order chi connectivity index (χ0) is 9.80. The smallest absolute Gasteiger partial charge is 0.254 e. The highest BCUT2D eigenvalue weighted by Gasteiger charge is 2.17. The average molecular weight is 191 g/mol. The van der Waals surface area contributed by atoms with Gasteiger partial charge < -0.3 is 9.64 Å². The first-order chi connectivity index (χ1) is 6.88. The van der Waals surface area contributed by atoms with Gasteiger partial charge in [0, 0.05) is 24.8 Å². The minimum absolute atomic E-state index is 0.0342. The molecule has 1 aromatic heterocycles. The Balaban J connectivity index is 2.07. The number of amides is 1. The van der Waals surface area contributed by atoms with Crippen LogP contribution in [0.5, 0.6) is 0 Å². The molecule has 1 fully saturated rings. The summed E-state index contributed by atoms with van der Waals surface area (Å²) in [5.74, 6) is 0.0342. The summed E-state index contributed by atoms with van der Waals surface area (Å²) in [5.41, 5.74) is 0.641. The molecule has 0 N–H and O–H groups in total. The van der Waals surface area contributed by atoms with Crippen molar-refractivity contribution in [2.45, 2.75) is 0 Å². The van der Waals surface area contributed by atoms with Crippen LogP contribution in [0.3, 0.4) is 0 Å². The van der Waals surface area contributed by atoms with Crippen molar-refractivity contribution >= 4 is 5.91 Å². The number of rotatable bonds is 1. The van der Waals surface area contributed by atoms with Gasteiger partial charge in [-0.25, -0.2) is 0 Å². The second kappa shape index (κ2) is 4.19. The van der Waals surface area contributed by atoms with Crippen LogP contribution in [-0.4, -0.2) is 42.1 Å². The Morgan fingerprint density at radius 2 is 2.29 bits per heavy atom. The van der Waals surface area contributed by atoms with E-state index >= 15 is 0 Å². The zero-order valence-corrected chi connectivity index (χ0v) is 7.77. The first-order valence-electron chi connectivity index (χ1n) is 4.57. The Kier molecular flexibility index (Phi) is 2.74. The lowest BCUT2D eigenvalue weighted by Crippen LogP contribution is -2.40. The van der Waals surface area contributed by atoms with Crippen molar-refractivity contribution in [3.63, 3.8) is 0 Å². The number of nitrogens with zero attached hydrogens (tertiary/aromatic N) is 2. The maximum Gasteiger partial charge on any atom is 0.254 e. The number of carbonyl (C=O) groups is 1. The van der Waals surface area contributed by atoms with E-state index in [2.05, 4.69) is 11.2 Å². The van der Waals surface area contributed by atoms with E-state index in [1.807, 2.05) is 0 Å². The summed E-state index contributed by atoms with van der Waals surface area (Å²) < 4.78 is 5.17. The van der Waals surface area contributed by atoms with E-state index in [0.29, 0.717) is 31.9 Å². The van der Waals surface area contributed by atoms with E-state index in [4.69, 9.17) is 4.74 Å². The molecule has 1 aliphatic rings. The normalized spacial score (nSPS) is 16.7. The Bertz CT molecular complexity index is 307. The number of aromatic nitrogens is 1. The Morgan fingerprint density at radius 3 is 2.93 bits per heavy atom. The fourth-order valence-corrected chi connectivity index (χ4v) is 1.40. The van der Waals surface area contributed by atoms with Gasteiger partial charge >= 0.3 is 0 Å². The Morgan fingerprint density at radius 1 is 1.50 bits per heavy atom. The van der Waals surface area contributed by atoms with E-state index in [-0.39, 0.29) is 5.91 Å². The lowest BCUT2D eigenvalue weighted by Gasteiger charge is -2.26. The van der Waals surface area contributed by atoms with Gasteiger partial charge in [0.2, 0.25) is 0 Å². The third kappa shape index (κ3) is 1.90. The molecule has 1 aliphatic heterocycles. The van der Waals surface area contributed by atoms with E-state index in [1.165, 1.54) is 0 Å². The topological polar surface area (TPSA) is 42.4 Å². The van der Waals surface area contributed by atoms with Gasteiger partial charge in [-0.2, -0.15) is 0 Å². The van der Waals surface area contributed by atoms with Gasteiger partial charge in [-0.3, -0.25) is 9.78 Å². The molecule has 0 spiro atoms. The van der Waals surface area contributed by atoms with Crippen molar-refractivity contribution in [1.82, 2.24) is 9.88 Å². The van der Waals surface area contributed by atoms with Gasteiger partial charge in [-0.05, 0) is 12.1 Å². The first-order valence-corrected chi connectivity index (χ1v) is 4.57. The molecule has 4 nitrogen and oxygen atoms in total. The van der Waals surface area contributed by atoms with E-state index < -0.39 is 0 Å². The molecule has 14 heavy (non-hydrogen) atoms. The molecule has 1 saturated heterocycles. The minimum atomic E-state index is 0.0342. The van der Waals surface area contributed by atoms with Crippen LogP contribution in [0.2, 0.25) is 0 Å². The largest absolute Gasteiger partial charge is 0.378 e. The summed E-state index contributed by atoms with van der Waals surface area (Å²) in [6.07, 6.45) is 4.23. The molecule has 1 aromatic rings. The zero-order valence-electron chi connectivity index (χ0n) is 7.77. The maximum atomic E-state index is 11.8. The second-order valence-electron chi connectivity index (χ2n) is 3.08. The summed E-state index contributed by atoms with van der Waals surface area (Å²) in [7, 11) is 0. The predicted molar refractivity (Wildman–Crippen MR) is 49.8 cm³/mol. The van der Waals surface area contributed by atoms with Crippen molar-refractivity contribution < 1.29 is 9.53 Å². The average Bonchev–Trinajstić information content (AvgIpc) is 2.30. The van der Waals surface area contributed by atoms with Crippen LogP contribution in [0.15, 0.2) is 18.3 Å². The number of pyridine rings is 1. The van der Waals surface area contributed by atoms with Gasteiger partial charge in [-0.1, -0.05) is 0 Å². The molecule has 0 aromatic carbocycles. The number of carbonyl (C=O) groups excluding carboxylic acids is 1. The van der Waals surface area contributed by atoms with Crippen molar-refractivity contribution in [3.05, 3.63) is 30.1 Å². The van der Waals surface area contributed by atoms with Crippen molar-refractivity contribution in [1.29, 1.82) is 0 Å². The summed E-state index contributed by atoms with van der Waals surface area (Å²) in [4.78, 5) is 17.4. The van der Waals surface area contributed by atoms with Gasteiger partial charge in [0.1, 0.15) is 0 Å². The highest BCUT2D eigenvalue weighted by molar-refractivity contribution is 5.94. The van der Waals surface area contributed by atoms with Crippen molar-refractivity contribution in [2.24, 2.45) is 0 Å². The Hall–Kier alpha value is -1.42. The lowest BCUT2D eigenvalue weighted by molar-refractivity contribution is 0.0303. The monoisotopic (exact) mass is 191 g/mol. The molecule has 1 amide bonds. The molecular weight excluding hydrogens is 180 g/mol. The molecule has 0 bridgehead atoms. The van der Waals surface area contributed by atoms with Crippen LogP contribution < -0.4 is 0 Å². The number of ether oxygens (including phenoxy) is 1. The molecule has 1 radical (unpaired) electrons. The first kappa shape index (κ1) is 9.15. The predicted octanol–water partition coefficient (Wildman–Crippen LogP) is 0.354. The number of morpholine rings is 1. The fraction of sp³-hybridized carbons (Fsp3) is 0.400. The number of hydrogen-bond acceptors (Lipinski definition) is 3. The molecule has 4 heteroatoms. The molecule has 0 aliphatic carbocycles. The molecule has 2 rings (SSSR count). The molecule has 0 atom stereocenters. The Labute approximate surface area is 82.5 Å². The summed E-state index contributed by atoms with van der Waals surface area (Å²) in [5, 5.41) is 0. The molecule has 0 saturated carbocycles. The van der Waals surface area contributed by atoms with Crippen LogP contribution in [-0.2, 0) is 4.74 Å². The van der Waals surface area contributed by atoms with Crippen LogP contribution >= 0.6 is 0 Å². The van der Waals surface area contributed by atoms with Crippen molar-refractivity contribution in [3.8, 4) is 0 Å². The summed E-state index contributed by atoms with van der Waals surface area (Å²) in [6, 6.07) is 3.31. The van der Waals surface area contributed by atoms with E-state index in [1.54, 1.807) is 23.2 Å². The van der Waals surface area contributed by atoms with E-state index in [0.717, 1.165) is 0 Å². The minimum Gasteiger partial charge on any atom is -0.378 e. The van der Waals surface area contributed by atoms with Crippen LogP contribution in [0.1, 0.15) is 10.4 Å². The molecular formula is C10H11N2O2. The molecule has 2 heterocycles. The highest BCUT2D eigenvalue weighted by Crippen LogP contribution is 2.05. The van der Waals surface area contributed by atoms with E-state index in [9.17, 15) is 4.79 Å². The lowest BCUT2D eigenvalue weighted by atomic mass is 10.2. The molecule has 0 unspecified atom stereocenters. The number of hydrogen-bond donors (Lipinski definition) is 0. The van der Waals surface area contributed by atoms with Crippen molar-refractivity contribution in [2.75, 3.05) is 26.3 Å². The maximum absolute atomic E-state index is 11.8. The summed E-state index contributed by atoms with van der Waals surface area (Å²) in [6.45, 7) is 2.59. The highest BCUT2D eigenvalue weighted by atomic mass is 16.5. The standard InChI is InChI=1S/C10H11N2O2/c13-10(9-1-3-11-4-2-9)12-5-7-14-8-6-12/h1-3H,5-8H2. The molecule has 73 valence electrons. The third-order valence-electron chi connectivity index (χ3n) is 2.17. The fourth-order valence-electron chi connectivity index (χ4n) is 1.40.